The van der Waals surface area contributed by atoms with Crippen molar-refractivity contribution in [1.82, 2.24) is 0 Å². The largest absolute Gasteiger partial charge is 0.327 e. The van der Waals surface area contributed by atoms with Crippen molar-refractivity contribution in [2.45, 2.75) is 18.9 Å². The molecule has 0 amide bonds. The van der Waals surface area contributed by atoms with Crippen molar-refractivity contribution < 1.29 is 4.39 Å². The number of hydrogen-bond acceptors (Lipinski definition) is 1. The molecular formula is C15H14BrClFN. The number of halogens is 3. The molecule has 1 unspecified atom stereocenters. The highest BCUT2D eigenvalue weighted by Crippen LogP contribution is 2.18. The monoisotopic (exact) mass is 341 g/mol. The quantitative estimate of drug-likeness (QED) is 0.878. The first-order valence-electron chi connectivity index (χ1n) is 5.98. The summed E-state index contributed by atoms with van der Waals surface area (Å²) < 4.78 is 14.1. The minimum Gasteiger partial charge on any atom is -0.327 e. The second kappa shape index (κ2) is 6.51. The normalized spacial score (nSPS) is 12.4. The van der Waals surface area contributed by atoms with Gasteiger partial charge in [0.05, 0.1) is 5.02 Å². The molecule has 0 fully saturated rings. The molecule has 4 heteroatoms. The Labute approximate surface area is 125 Å². The molecule has 2 N–H and O–H groups in total. The lowest BCUT2D eigenvalue weighted by molar-refractivity contribution is 0.624. The van der Waals surface area contributed by atoms with Crippen LogP contribution in [0.4, 0.5) is 4.39 Å². The highest BCUT2D eigenvalue weighted by atomic mass is 79.9. The summed E-state index contributed by atoms with van der Waals surface area (Å²) in [5, 5.41) is 0.147. The van der Waals surface area contributed by atoms with E-state index in [4.69, 9.17) is 17.3 Å². The highest BCUT2D eigenvalue weighted by Gasteiger charge is 2.07. The van der Waals surface area contributed by atoms with Gasteiger partial charge in [-0.05, 0) is 48.2 Å². The molecule has 100 valence electrons. The Morgan fingerprint density at radius 3 is 2.26 bits per heavy atom. The predicted octanol–water partition coefficient (Wildman–Crippen LogP) is 4.35. The summed E-state index contributed by atoms with van der Waals surface area (Å²) >= 11 is 9.15. The zero-order valence-corrected chi connectivity index (χ0v) is 12.6. The van der Waals surface area contributed by atoms with Gasteiger partial charge in [-0.3, -0.25) is 0 Å². The van der Waals surface area contributed by atoms with E-state index in [1.807, 2.05) is 24.3 Å². The van der Waals surface area contributed by atoms with Crippen molar-refractivity contribution in [3.05, 3.63) is 68.9 Å². The van der Waals surface area contributed by atoms with Crippen LogP contribution in [0.1, 0.15) is 11.1 Å². The first-order chi connectivity index (χ1) is 9.04. The average Bonchev–Trinajstić information content (AvgIpc) is 2.37. The van der Waals surface area contributed by atoms with Gasteiger partial charge in [-0.2, -0.15) is 0 Å². The first-order valence-corrected chi connectivity index (χ1v) is 7.15. The minimum absolute atomic E-state index is 0.0114. The van der Waals surface area contributed by atoms with Crippen LogP contribution in [0.2, 0.25) is 5.02 Å². The fourth-order valence-electron chi connectivity index (χ4n) is 1.96. The summed E-state index contributed by atoms with van der Waals surface area (Å²) in [7, 11) is 0. The lowest BCUT2D eigenvalue weighted by Crippen LogP contribution is -2.25. The van der Waals surface area contributed by atoms with Gasteiger partial charge in [-0.25, -0.2) is 4.39 Å². The van der Waals surface area contributed by atoms with E-state index in [2.05, 4.69) is 15.9 Å². The molecule has 0 aliphatic rings. The number of rotatable bonds is 4. The fourth-order valence-corrected chi connectivity index (χ4v) is 2.43. The Morgan fingerprint density at radius 1 is 1.05 bits per heavy atom. The van der Waals surface area contributed by atoms with Gasteiger partial charge in [0.15, 0.2) is 0 Å². The summed E-state index contributed by atoms with van der Waals surface area (Å²) in [4.78, 5) is 0. The lowest BCUT2D eigenvalue weighted by Gasteiger charge is -2.12. The zero-order valence-electron chi connectivity index (χ0n) is 10.2. The summed E-state index contributed by atoms with van der Waals surface area (Å²) in [6, 6.07) is 12.8. The summed E-state index contributed by atoms with van der Waals surface area (Å²) in [6.45, 7) is 0. The molecule has 0 bridgehead atoms. The molecule has 0 aromatic heterocycles. The van der Waals surface area contributed by atoms with Gasteiger partial charge in [0.2, 0.25) is 0 Å². The van der Waals surface area contributed by atoms with Gasteiger partial charge in [-0.15, -0.1) is 0 Å². The molecule has 1 nitrogen and oxygen atoms in total. The van der Waals surface area contributed by atoms with Crippen molar-refractivity contribution in [3.8, 4) is 0 Å². The predicted molar refractivity (Wildman–Crippen MR) is 80.9 cm³/mol. The maximum atomic E-state index is 13.1. The number of nitrogens with two attached hydrogens (primary N) is 1. The van der Waals surface area contributed by atoms with Gasteiger partial charge < -0.3 is 5.73 Å². The molecule has 0 saturated heterocycles. The third kappa shape index (κ3) is 4.30. The molecule has 0 aliphatic carbocycles. The van der Waals surface area contributed by atoms with Crippen LogP contribution in [0.15, 0.2) is 46.9 Å². The Bertz CT molecular complexity index is 557. The Balaban J connectivity index is 1.98. The van der Waals surface area contributed by atoms with Crippen molar-refractivity contribution in [3.63, 3.8) is 0 Å². The minimum atomic E-state index is -0.396. The molecule has 0 radical (unpaired) electrons. The van der Waals surface area contributed by atoms with Crippen LogP contribution >= 0.6 is 27.5 Å². The molecule has 19 heavy (non-hydrogen) atoms. The van der Waals surface area contributed by atoms with Crippen LogP contribution in [-0.4, -0.2) is 6.04 Å². The van der Waals surface area contributed by atoms with Gasteiger partial charge >= 0.3 is 0 Å². The lowest BCUT2D eigenvalue weighted by atomic mass is 10.00. The van der Waals surface area contributed by atoms with Gasteiger partial charge in [0.1, 0.15) is 5.82 Å². The van der Waals surface area contributed by atoms with Crippen molar-refractivity contribution >= 4 is 27.5 Å². The van der Waals surface area contributed by atoms with E-state index < -0.39 is 5.82 Å². The van der Waals surface area contributed by atoms with Crippen LogP contribution in [-0.2, 0) is 12.8 Å². The van der Waals surface area contributed by atoms with E-state index in [0.29, 0.717) is 6.42 Å². The molecular weight excluding hydrogens is 329 g/mol. The maximum absolute atomic E-state index is 13.1. The second-order valence-corrected chi connectivity index (χ2v) is 5.87. The summed E-state index contributed by atoms with van der Waals surface area (Å²) in [5.74, 6) is -0.396. The maximum Gasteiger partial charge on any atom is 0.141 e. The third-order valence-electron chi connectivity index (χ3n) is 2.89. The van der Waals surface area contributed by atoms with Crippen LogP contribution in [0.5, 0.6) is 0 Å². The fraction of sp³-hybridized carbons (Fsp3) is 0.200. The summed E-state index contributed by atoms with van der Waals surface area (Å²) in [5.41, 5.74) is 8.25. The SMILES string of the molecule is NC(Cc1ccc(Br)cc1)Cc1ccc(F)c(Cl)c1. The molecule has 2 aromatic carbocycles. The van der Waals surface area contributed by atoms with E-state index in [1.54, 1.807) is 12.1 Å². The van der Waals surface area contributed by atoms with Gasteiger partial charge in [0.25, 0.3) is 0 Å². The standard InChI is InChI=1S/C15H14BrClFN/c16-12-4-1-10(2-5-12)7-13(19)8-11-3-6-15(18)14(17)9-11/h1-6,9,13H,7-8,19H2. The van der Waals surface area contributed by atoms with Gasteiger partial charge in [-0.1, -0.05) is 45.7 Å². The van der Waals surface area contributed by atoms with E-state index in [9.17, 15) is 4.39 Å². The van der Waals surface area contributed by atoms with E-state index in [1.165, 1.54) is 11.6 Å². The topological polar surface area (TPSA) is 26.0 Å². The Morgan fingerprint density at radius 2 is 1.63 bits per heavy atom. The van der Waals surface area contributed by atoms with Crippen LogP contribution in [0, 0.1) is 5.82 Å². The summed E-state index contributed by atoms with van der Waals surface area (Å²) in [6.07, 6.45) is 1.46. The van der Waals surface area contributed by atoms with Crippen LogP contribution in [0.25, 0.3) is 0 Å². The molecule has 0 saturated carbocycles. The Hall–Kier alpha value is -0.900. The van der Waals surface area contributed by atoms with Crippen LogP contribution < -0.4 is 5.73 Å². The zero-order chi connectivity index (χ0) is 13.8. The van der Waals surface area contributed by atoms with E-state index in [-0.39, 0.29) is 11.1 Å². The van der Waals surface area contributed by atoms with E-state index >= 15 is 0 Å². The number of hydrogen-bond donors (Lipinski definition) is 1. The molecule has 0 spiro atoms. The smallest absolute Gasteiger partial charge is 0.141 e. The molecule has 0 heterocycles. The van der Waals surface area contributed by atoms with Crippen molar-refractivity contribution in [1.29, 1.82) is 0 Å². The van der Waals surface area contributed by atoms with Crippen molar-refractivity contribution in [2.75, 3.05) is 0 Å². The molecule has 2 aromatic rings. The highest BCUT2D eigenvalue weighted by molar-refractivity contribution is 9.10. The second-order valence-electron chi connectivity index (χ2n) is 4.54. The van der Waals surface area contributed by atoms with E-state index in [0.717, 1.165) is 16.5 Å². The number of benzene rings is 2. The molecule has 1 atom stereocenters. The average molecular weight is 343 g/mol. The van der Waals surface area contributed by atoms with Crippen LogP contribution in [0.3, 0.4) is 0 Å². The van der Waals surface area contributed by atoms with Gasteiger partial charge in [0, 0.05) is 10.5 Å². The van der Waals surface area contributed by atoms with Crippen molar-refractivity contribution in [2.24, 2.45) is 5.73 Å². The third-order valence-corrected chi connectivity index (χ3v) is 3.71. The Kier molecular flexibility index (Phi) is 4.97. The molecule has 2 rings (SSSR count). The molecule has 0 aliphatic heterocycles. The first kappa shape index (κ1) is 14.5.